The summed E-state index contributed by atoms with van der Waals surface area (Å²) in [6, 6.07) is 10.8. The SMILES string of the molecule is O[C@@H]1[C@@H]2OC[C@H](C[C@@]1(Cc1ccc(Cl)cc1Cl)Cc1cc(Cl)ccc1Cl)O2. The maximum absolute atomic E-state index is 11.1. The van der Waals surface area contributed by atoms with Crippen LogP contribution in [0.15, 0.2) is 36.4 Å². The lowest BCUT2D eigenvalue weighted by molar-refractivity contribution is -0.205. The van der Waals surface area contributed by atoms with Crippen LogP contribution in [-0.4, -0.2) is 30.2 Å². The van der Waals surface area contributed by atoms with Crippen molar-refractivity contribution in [2.75, 3.05) is 6.61 Å². The molecule has 0 radical (unpaired) electrons. The molecule has 1 N–H and O–H groups in total. The van der Waals surface area contributed by atoms with E-state index in [-0.39, 0.29) is 6.10 Å². The first kappa shape index (κ1) is 19.8. The van der Waals surface area contributed by atoms with Gasteiger partial charge in [-0.2, -0.15) is 0 Å². The smallest absolute Gasteiger partial charge is 0.184 e. The van der Waals surface area contributed by atoms with E-state index in [0.717, 1.165) is 11.1 Å². The summed E-state index contributed by atoms with van der Waals surface area (Å²) < 4.78 is 11.4. The number of rotatable bonds is 4. The van der Waals surface area contributed by atoms with Gasteiger partial charge in [-0.05, 0) is 60.7 Å². The van der Waals surface area contributed by atoms with Crippen molar-refractivity contribution in [3.05, 3.63) is 67.6 Å². The molecule has 2 heterocycles. The summed E-state index contributed by atoms with van der Waals surface area (Å²) in [7, 11) is 0. The number of halogens is 4. The van der Waals surface area contributed by atoms with Crippen molar-refractivity contribution in [1.82, 2.24) is 0 Å². The minimum absolute atomic E-state index is 0.0672. The molecular weight excluding hydrogens is 430 g/mol. The average molecular weight is 448 g/mol. The van der Waals surface area contributed by atoms with Gasteiger partial charge in [0.2, 0.25) is 0 Å². The molecule has 0 unspecified atom stereocenters. The monoisotopic (exact) mass is 446 g/mol. The van der Waals surface area contributed by atoms with Crippen molar-refractivity contribution in [3.8, 4) is 0 Å². The molecule has 0 amide bonds. The third-order valence-electron chi connectivity index (χ3n) is 5.40. The van der Waals surface area contributed by atoms with E-state index in [2.05, 4.69) is 0 Å². The number of hydrogen-bond acceptors (Lipinski definition) is 3. The number of benzene rings is 2. The second-order valence-corrected chi connectivity index (χ2v) is 8.98. The first-order chi connectivity index (χ1) is 12.9. The third kappa shape index (κ3) is 3.97. The molecule has 2 aliphatic heterocycles. The molecule has 2 aromatic carbocycles. The molecule has 2 fully saturated rings. The van der Waals surface area contributed by atoms with Crippen LogP contribution in [0.1, 0.15) is 17.5 Å². The molecule has 4 rings (SSSR count). The van der Waals surface area contributed by atoms with E-state index < -0.39 is 17.8 Å². The zero-order valence-electron chi connectivity index (χ0n) is 14.3. The van der Waals surface area contributed by atoms with E-state index in [4.69, 9.17) is 55.9 Å². The van der Waals surface area contributed by atoms with Crippen LogP contribution in [-0.2, 0) is 22.3 Å². The maximum Gasteiger partial charge on any atom is 0.184 e. The topological polar surface area (TPSA) is 38.7 Å². The number of ether oxygens (including phenoxy) is 2. The standard InChI is InChI=1S/C20H18Cl4O3/c21-13-3-4-16(23)12(5-13)8-20(7-11-1-2-14(22)6-17(11)24)9-15-10-26-19(27-15)18(20)25/h1-6,15,18-19,25H,7-10H2/t15-,18+,19+,20+/m0/s1. The Morgan fingerprint density at radius 2 is 1.63 bits per heavy atom. The third-order valence-corrected chi connectivity index (χ3v) is 6.59. The number of fused-ring (bicyclic) bond motifs is 2. The molecule has 2 saturated heterocycles. The summed E-state index contributed by atoms with van der Waals surface area (Å²) in [4.78, 5) is 0. The van der Waals surface area contributed by atoms with E-state index in [1.807, 2.05) is 12.1 Å². The predicted octanol–water partition coefficient (Wildman–Crippen LogP) is 5.58. The second-order valence-electron chi connectivity index (χ2n) is 7.30. The maximum atomic E-state index is 11.1. The predicted molar refractivity (Wildman–Crippen MR) is 108 cm³/mol. The molecular formula is C20H18Cl4O3. The average Bonchev–Trinajstić information content (AvgIpc) is 3.03. The molecule has 0 saturated carbocycles. The lowest BCUT2D eigenvalue weighted by Gasteiger charge is -2.44. The van der Waals surface area contributed by atoms with E-state index in [1.54, 1.807) is 24.3 Å². The molecule has 2 aromatic rings. The van der Waals surface area contributed by atoms with Crippen molar-refractivity contribution >= 4 is 46.4 Å². The fourth-order valence-electron chi connectivity index (χ4n) is 4.12. The molecule has 0 aliphatic carbocycles. The zero-order valence-corrected chi connectivity index (χ0v) is 17.3. The molecule has 2 aliphatic rings. The van der Waals surface area contributed by atoms with Crippen molar-refractivity contribution in [3.63, 3.8) is 0 Å². The van der Waals surface area contributed by atoms with E-state index >= 15 is 0 Å². The fourth-order valence-corrected chi connectivity index (χ4v) is 4.98. The van der Waals surface area contributed by atoms with Gasteiger partial charge in [0.15, 0.2) is 6.29 Å². The normalized spacial score (nSPS) is 29.9. The molecule has 7 heteroatoms. The van der Waals surface area contributed by atoms with E-state index in [0.29, 0.717) is 46.0 Å². The Morgan fingerprint density at radius 3 is 2.41 bits per heavy atom. The summed E-state index contributed by atoms with van der Waals surface area (Å²) in [6.07, 6.45) is 0.180. The Hall–Kier alpha value is -0.520. The second kappa shape index (κ2) is 7.72. The van der Waals surface area contributed by atoms with Gasteiger partial charge in [0.1, 0.15) is 6.10 Å². The van der Waals surface area contributed by atoms with Crippen LogP contribution in [0.25, 0.3) is 0 Å². The molecule has 144 valence electrons. The highest BCUT2D eigenvalue weighted by molar-refractivity contribution is 6.35. The van der Waals surface area contributed by atoms with Crippen LogP contribution in [0.2, 0.25) is 20.1 Å². The summed E-state index contributed by atoms with van der Waals surface area (Å²) in [6.45, 7) is 0.473. The Kier molecular flexibility index (Phi) is 5.65. The van der Waals surface area contributed by atoms with Gasteiger partial charge in [-0.1, -0.05) is 52.5 Å². The Labute approximate surface area is 178 Å². The lowest BCUT2D eigenvalue weighted by atomic mass is 9.68. The molecule has 0 aromatic heterocycles. The number of aliphatic hydroxyl groups excluding tert-OH is 1. The Morgan fingerprint density at radius 1 is 0.926 bits per heavy atom. The molecule has 4 atom stereocenters. The van der Waals surface area contributed by atoms with Gasteiger partial charge in [0.05, 0.1) is 12.7 Å². The highest BCUT2D eigenvalue weighted by atomic mass is 35.5. The van der Waals surface area contributed by atoms with Gasteiger partial charge < -0.3 is 14.6 Å². The van der Waals surface area contributed by atoms with Crippen molar-refractivity contribution in [1.29, 1.82) is 0 Å². The van der Waals surface area contributed by atoms with E-state index in [9.17, 15) is 5.11 Å². The highest BCUT2D eigenvalue weighted by Crippen LogP contribution is 2.47. The first-order valence-corrected chi connectivity index (χ1v) is 10.2. The van der Waals surface area contributed by atoms with Gasteiger partial charge >= 0.3 is 0 Å². The number of aliphatic hydroxyl groups is 1. The fraction of sp³-hybridized carbons (Fsp3) is 0.400. The van der Waals surface area contributed by atoms with Gasteiger partial charge in [-0.25, -0.2) is 0 Å². The molecule has 2 bridgehead atoms. The van der Waals surface area contributed by atoms with E-state index in [1.165, 1.54) is 0 Å². The first-order valence-electron chi connectivity index (χ1n) is 8.69. The van der Waals surface area contributed by atoms with Crippen molar-refractivity contribution in [2.24, 2.45) is 5.41 Å². The summed E-state index contributed by atoms with van der Waals surface area (Å²) in [5.41, 5.74) is 1.25. The van der Waals surface area contributed by atoms with Gasteiger partial charge in [0.25, 0.3) is 0 Å². The van der Waals surface area contributed by atoms with Crippen LogP contribution in [0, 0.1) is 5.41 Å². The Balaban J connectivity index is 1.74. The largest absolute Gasteiger partial charge is 0.387 e. The minimum atomic E-state index is -0.821. The van der Waals surface area contributed by atoms with Crippen molar-refractivity contribution < 1.29 is 14.6 Å². The van der Waals surface area contributed by atoms with Crippen LogP contribution in [0.4, 0.5) is 0 Å². The molecule has 27 heavy (non-hydrogen) atoms. The van der Waals surface area contributed by atoms with Gasteiger partial charge in [-0.3, -0.25) is 0 Å². The lowest BCUT2D eigenvalue weighted by Crippen LogP contribution is -2.51. The van der Waals surface area contributed by atoms with Crippen LogP contribution >= 0.6 is 46.4 Å². The van der Waals surface area contributed by atoms with Crippen LogP contribution < -0.4 is 0 Å². The summed E-state index contributed by atoms with van der Waals surface area (Å²) in [5.74, 6) is 0. The van der Waals surface area contributed by atoms with Crippen LogP contribution in [0.5, 0.6) is 0 Å². The Bertz CT molecular complexity index is 859. The number of hydrogen-bond donors (Lipinski definition) is 1. The van der Waals surface area contributed by atoms with Gasteiger partial charge in [-0.15, -0.1) is 0 Å². The van der Waals surface area contributed by atoms with Gasteiger partial charge in [0, 0.05) is 25.5 Å². The van der Waals surface area contributed by atoms with Crippen LogP contribution in [0.3, 0.4) is 0 Å². The molecule has 0 spiro atoms. The summed E-state index contributed by atoms with van der Waals surface area (Å²) in [5, 5.41) is 13.5. The summed E-state index contributed by atoms with van der Waals surface area (Å²) >= 11 is 25.1. The minimum Gasteiger partial charge on any atom is -0.387 e. The molecule has 3 nitrogen and oxygen atoms in total. The quantitative estimate of drug-likeness (QED) is 0.664. The zero-order chi connectivity index (χ0) is 19.2. The van der Waals surface area contributed by atoms with Crippen molar-refractivity contribution in [2.45, 2.75) is 37.8 Å². The highest BCUT2D eigenvalue weighted by Gasteiger charge is 2.53.